The summed E-state index contributed by atoms with van der Waals surface area (Å²) < 4.78 is 5.94. The lowest BCUT2D eigenvalue weighted by Crippen LogP contribution is -1.94. The molecule has 0 bridgehead atoms. The summed E-state index contributed by atoms with van der Waals surface area (Å²) >= 11 is 3.37. The molecule has 3 heteroatoms. The minimum Gasteiger partial charge on any atom is -0.497 e. The predicted molar refractivity (Wildman–Crippen MR) is 80.5 cm³/mol. The van der Waals surface area contributed by atoms with E-state index in [1.165, 1.54) is 0 Å². The van der Waals surface area contributed by atoms with E-state index in [1.807, 2.05) is 42.5 Å². The van der Waals surface area contributed by atoms with E-state index in [0.29, 0.717) is 5.56 Å². The molecule has 0 saturated carbocycles. The van der Waals surface area contributed by atoms with E-state index in [1.54, 1.807) is 25.3 Å². The fraction of sp³-hybridized carbons (Fsp3) is 0.0625. The second-order valence-corrected chi connectivity index (χ2v) is 4.81. The smallest absolute Gasteiger partial charge is 0.186 e. The number of rotatable bonds is 4. The van der Waals surface area contributed by atoms with E-state index in [9.17, 15) is 4.79 Å². The number of ether oxygens (including phenoxy) is 1. The zero-order chi connectivity index (χ0) is 13.7. The summed E-state index contributed by atoms with van der Waals surface area (Å²) in [5.74, 6) is 0.741. The van der Waals surface area contributed by atoms with Gasteiger partial charge in [0.1, 0.15) is 5.75 Å². The molecule has 0 aliphatic rings. The Kier molecular flexibility index (Phi) is 4.53. The Hall–Kier alpha value is -1.87. The molecule has 0 spiro atoms. The van der Waals surface area contributed by atoms with E-state index >= 15 is 0 Å². The number of carbonyl (C=O) groups is 1. The highest BCUT2D eigenvalue weighted by molar-refractivity contribution is 9.10. The highest BCUT2D eigenvalue weighted by Gasteiger charge is 2.05. The van der Waals surface area contributed by atoms with Crippen LogP contribution in [0.5, 0.6) is 5.75 Å². The van der Waals surface area contributed by atoms with Gasteiger partial charge in [-0.3, -0.25) is 4.79 Å². The molecular formula is C16H13BrO2. The first kappa shape index (κ1) is 13.6. The zero-order valence-electron chi connectivity index (χ0n) is 10.5. The Bertz CT molecular complexity index is 618. The zero-order valence-corrected chi connectivity index (χ0v) is 12.1. The van der Waals surface area contributed by atoms with Crippen molar-refractivity contribution in [3.8, 4) is 5.75 Å². The maximum atomic E-state index is 12.0. The van der Waals surface area contributed by atoms with Crippen LogP contribution in [0.3, 0.4) is 0 Å². The topological polar surface area (TPSA) is 26.3 Å². The van der Waals surface area contributed by atoms with Crippen molar-refractivity contribution < 1.29 is 9.53 Å². The number of hydrogen-bond donors (Lipinski definition) is 0. The first-order chi connectivity index (χ1) is 9.20. The summed E-state index contributed by atoms with van der Waals surface area (Å²) in [5, 5.41) is 0. The summed E-state index contributed by atoms with van der Waals surface area (Å²) in [6.07, 6.45) is 3.35. The van der Waals surface area contributed by atoms with Crippen LogP contribution in [0.1, 0.15) is 15.9 Å². The molecule has 0 fully saturated rings. The van der Waals surface area contributed by atoms with Gasteiger partial charge in [-0.2, -0.15) is 0 Å². The highest BCUT2D eigenvalue weighted by atomic mass is 79.9. The van der Waals surface area contributed by atoms with E-state index in [2.05, 4.69) is 15.9 Å². The van der Waals surface area contributed by atoms with Crippen LogP contribution in [0.15, 0.2) is 59.1 Å². The normalized spacial score (nSPS) is 10.6. The summed E-state index contributed by atoms with van der Waals surface area (Å²) in [6.45, 7) is 0. The van der Waals surface area contributed by atoms with Gasteiger partial charge in [0.2, 0.25) is 0 Å². The van der Waals surface area contributed by atoms with Crippen LogP contribution >= 0.6 is 15.9 Å². The van der Waals surface area contributed by atoms with Gasteiger partial charge in [0, 0.05) is 10.0 Å². The average Bonchev–Trinajstić information content (AvgIpc) is 2.45. The van der Waals surface area contributed by atoms with Gasteiger partial charge in [-0.25, -0.2) is 0 Å². The van der Waals surface area contributed by atoms with E-state index in [0.717, 1.165) is 15.8 Å². The fourth-order valence-corrected chi connectivity index (χ4v) is 2.15. The third-order valence-corrected chi connectivity index (χ3v) is 3.35. The second-order valence-electron chi connectivity index (χ2n) is 3.95. The second kappa shape index (κ2) is 6.34. The Morgan fingerprint density at radius 1 is 1.16 bits per heavy atom. The molecule has 0 saturated heterocycles. The minimum atomic E-state index is -0.0321. The SMILES string of the molecule is COc1cccc(/C=C/C(=O)c2ccccc2Br)c1. The van der Waals surface area contributed by atoms with Crippen molar-refractivity contribution in [3.63, 3.8) is 0 Å². The molecule has 0 aliphatic heterocycles. The third kappa shape index (κ3) is 3.55. The molecule has 2 aromatic carbocycles. The summed E-state index contributed by atoms with van der Waals surface area (Å²) in [6, 6.07) is 14.9. The van der Waals surface area contributed by atoms with Gasteiger partial charge in [-0.15, -0.1) is 0 Å². The van der Waals surface area contributed by atoms with Crippen molar-refractivity contribution in [1.82, 2.24) is 0 Å². The maximum Gasteiger partial charge on any atom is 0.186 e. The van der Waals surface area contributed by atoms with Gasteiger partial charge < -0.3 is 4.74 Å². The highest BCUT2D eigenvalue weighted by Crippen LogP contribution is 2.18. The Labute approximate surface area is 120 Å². The Morgan fingerprint density at radius 2 is 1.95 bits per heavy atom. The Balaban J connectivity index is 2.18. The third-order valence-electron chi connectivity index (χ3n) is 2.66. The van der Waals surface area contributed by atoms with Gasteiger partial charge >= 0.3 is 0 Å². The molecule has 0 aromatic heterocycles. The van der Waals surface area contributed by atoms with E-state index < -0.39 is 0 Å². The monoisotopic (exact) mass is 316 g/mol. The lowest BCUT2D eigenvalue weighted by Gasteiger charge is -2.01. The molecule has 0 heterocycles. The largest absolute Gasteiger partial charge is 0.497 e. The van der Waals surface area contributed by atoms with Crippen molar-refractivity contribution in [2.75, 3.05) is 7.11 Å². The molecule has 0 N–H and O–H groups in total. The molecular weight excluding hydrogens is 304 g/mol. The van der Waals surface area contributed by atoms with Gasteiger partial charge in [0.15, 0.2) is 5.78 Å². The summed E-state index contributed by atoms with van der Waals surface area (Å²) in [7, 11) is 1.62. The quantitative estimate of drug-likeness (QED) is 0.619. The molecule has 0 amide bonds. The fourth-order valence-electron chi connectivity index (χ4n) is 1.67. The van der Waals surface area contributed by atoms with Gasteiger partial charge in [-0.1, -0.05) is 46.3 Å². The van der Waals surface area contributed by atoms with Gasteiger partial charge in [0.25, 0.3) is 0 Å². The summed E-state index contributed by atoms with van der Waals surface area (Å²) in [4.78, 5) is 12.0. The van der Waals surface area contributed by atoms with Crippen LogP contribution in [-0.4, -0.2) is 12.9 Å². The molecule has 0 unspecified atom stereocenters. The number of halogens is 1. The maximum absolute atomic E-state index is 12.0. The Morgan fingerprint density at radius 3 is 2.68 bits per heavy atom. The number of hydrogen-bond acceptors (Lipinski definition) is 2. The van der Waals surface area contributed by atoms with E-state index in [-0.39, 0.29) is 5.78 Å². The van der Waals surface area contributed by atoms with Crippen molar-refractivity contribution in [3.05, 3.63) is 70.2 Å². The van der Waals surface area contributed by atoms with Crippen LogP contribution in [0.25, 0.3) is 6.08 Å². The average molecular weight is 317 g/mol. The molecule has 0 atom stereocenters. The molecule has 96 valence electrons. The van der Waals surface area contributed by atoms with Crippen molar-refractivity contribution in [2.24, 2.45) is 0 Å². The molecule has 2 aromatic rings. The van der Waals surface area contributed by atoms with Crippen LogP contribution in [0, 0.1) is 0 Å². The lowest BCUT2D eigenvalue weighted by atomic mass is 10.1. The predicted octanol–water partition coefficient (Wildman–Crippen LogP) is 4.35. The number of carbonyl (C=O) groups excluding carboxylic acids is 1. The summed E-state index contributed by atoms with van der Waals surface area (Å²) in [5.41, 5.74) is 1.58. The van der Waals surface area contributed by atoms with Crippen LogP contribution in [0.2, 0.25) is 0 Å². The van der Waals surface area contributed by atoms with Gasteiger partial charge in [-0.05, 0) is 35.9 Å². The van der Waals surface area contributed by atoms with Crippen molar-refractivity contribution >= 4 is 27.8 Å². The first-order valence-electron chi connectivity index (χ1n) is 5.81. The molecule has 19 heavy (non-hydrogen) atoms. The lowest BCUT2D eigenvalue weighted by molar-refractivity contribution is 0.104. The van der Waals surface area contributed by atoms with Crippen LogP contribution in [0.4, 0.5) is 0 Å². The molecule has 0 radical (unpaired) electrons. The molecule has 2 rings (SSSR count). The van der Waals surface area contributed by atoms with Crippen molar-refractivity contribution in [2.45, 2.75) is 0 Å². The number of benzene rings is 2. The molecule has 2 nitrogen and oxygen atoms in total. The standard InChI is InChI=1S/C16H13BrO2/c1-19-13-6-4-5-12(11-13)9-10-16(18)14-7-2-3-8-15(14)17/h2-11H,1H3/b10-9+. The molecule has 0 aliphatic carbocycles. The van der Waals surface area contributed by atoms with Crippen LogP contribution in [-0.2, 0) is 0 Å². The number of methoxy groups -OCH3 is 1. The first-order valence-corrected chi connectivity index (χ1v) is 6.61. The van der Waals surface area contributed by atoms with Crippen LogP contribution < -0.4 is 4.74 Å². The van der Waals surface area contributed by atoms with Crippen molar-refractivity contribution in [1.29, 1.82) is 0 Å². The number of allylic oxidation sites excluding steroid dienone is 1. The van der Waals surface area contributed by atoms with Gasteiger partial charge in [0.05, 0.1) is 7.11 Å². The minimum absolute atomic E-state index is 0.0321. The van der Waals surface area contributed by atoms with E-state index in [4.69, 9.17) is 4.74 Å². The number of ketones is 1.